The highest BCUT2D eigenvalue weighted by Crippen LogP contribution is 2.31. The van der Waals surface area contributed by atoms with Crippen molar-refractivity contribution < 1.29 is 4.79 Å². The lowest BCUT2D eigenvalue weighted by Gasteiger charge is -2.35. The number of likely N-dealkylation sites (tertiary alicyclic amines) is 1. The number of piperidine rings is 1. The summed E-state index contributed by atoms with van der Waals surface area (Å²) in [5.74, 6) is 0.739. The number of thioether (sulfide) groups is 1. The van der Waals surface area contributed by atoms with Crippen LogP contribution in [0.2, 0.25) is 5.02 Å². The molecule has 2 rings (SSSR count). The first-order chi connectivity index (χ1) is 9.99. The maximum absolute atomic E-state index is 12.5. The van der Waals surface area contributed by atoms with Gasteiger partial charge in [-0.2, -0.15) is 0 Å². The van der Waals surface area contributed by atoms with Crippen LogP contribution < -0.4 is 5.73 Å². The molecule has 6 heteroatoms. The van der Waals surface area contributed by atoms with Gasteiger partial charge in [-0.3, -0.25) is 4.79 Å². The lowest BCUT2D eigenvalue weighted by atomic mass is 9.91. The number of amides is 1. The summed E-state index contributed by atoms with van der Waals surface area (Å²) in [6, 6.07) is 7.88. The molecule has 0 spiro atoms. The molecule has 0 radical (unpaired) electrons. The summed E-state index contributed by atoms with van der Waals surface area (Å²) in [7, 11) is 0. The van der Waals surface area contributed by atoms with Crippen LogP contribution >= 0.6 is 35.8 Å². The molecule has 2 unspecified atom stereocenters. The van der Waals surface area contributed by atoms with E-state index >= 15 is 0 Å². The zero-order chi connectivity index (χ0) is 15.4. The fourth-order valence-electron chi connectivity index (χ4n) is 2.68. The predicted octanol–water partition coefficient (Wildman–Crippen LogP) is 3.83. The molecular weight excluding hydrogens is 339 g/mol. The zero-order valence-electron chi connectivity index (χ0n) is 13.0. The van der Waals surface area contributed by atoms with Gasteiger partial charge in [0.15, 0.2) is 0 Å². The predicted molar refractivity (Wildman–Crippen MR) is 97.0 cm³/mol. The van der Waals surface area contributed by atoms with E-state index in [0.29, 0.717) is 10.9 Å². The second-order valence-corrected chi connectivity index (χ2v) is 7.50. The third kappa shape index (κ3) is 5.05. The second-order valence-electron chi connectivity index (χ2n) is 5.71. The number of nitrogens with zero attached hydrogens (tertiary/aromatic N) is 1. The quantitative estimate of drug-likeness (QED) is 0.827. The van der Waals surface area contributed by atoms with E-state index in [0.717, 1.165) is 30.8 Å². The molecule has 22 heavy (non-hydrogen) atoms. The van der Waals surface area contributed by atoms with E-state index in [4.69, 9.17) is 17.3 Å². The number of benzene rings is 1. The molecular formula is C16H24Cl2N2OS. The SMILES string of the molecule is CC(Sc1ccccc1Cl)C(=O)N1CCC(C(C)N)CC1.Cl. The summed E-state index contributed by atoms with van der Waals surface area (Å²) in [4.78, 5) is 15.5. The average molecular weight is 363 g/mol. The first-order valence-corrected chi connectivity index (χ1v) is 8.70. The molecule has 1 saturated heterocycles. The van der Waals surface area contributed by atoms with Gasteiger partial charge in [-0.05, 0) is 44.7 Å². The average Bonchev–Trinajstić information content (AvgIpc) is 2.49. The maximum Gasteiger partial charge on any atom is 0.235 e. The molecule has 1 amide bonds. The number of rotatable bonds is 4. The largest absolute Gasteiger partial charge is 0.342 e. The molecule has 0 aromatic heterocycles. The number of carbonyl (C=O) groups excluding carboxylic acids is 1. The first-order valence-electron chi connectivity index (χ1n) is 7.44. The normalized spacial score (nSPS) is 18.5. The van der Waals surface area contributed by atoms with E-state index in [9.17, 15) is 4.79 Å². The van der Waals surface area contributed by atoms with Gasteiger partial charge in [-0.15, -0.1) is 24.2 Å². The van der Waals surface area contributed by atoms with Crippen LogP contribution in [-0.2, 0) is 4.79 Å². The molecule has 1 aliphatic rings. The number of carbonyl (C=O) groups is 1. The zero-order valence-corrected chi connectivity index (χ0v) is 15.4. The van der Waals surface area contributed by atoms with Crippen molar-refractivity contribution >= 4 is 41.7 Å². The Morgan fingerprint density at radius 1 is 1.32 bits per heavy atom. The Labute approximate surface area is 148 Å². The van der Waals surface area contributed by atoms with Gasteiger partial charge in [0, 0.05) is 24.0 Å². The van der Waals surface area contributed by atoms with Gasteiger partial charge >= 0.3 is 0 Å². The van der Waals surface area contributed by atoms with Crippen molar-refractivity contribution in [3.8, 4) is 0 Å². The Morgan fingerprint density at radius 3 is 2.45 bits per heavy atom. The molecule has 3 nitrogen and oxygen atoms in total. The first kappa shape index (κ1) is 19.6. The lowest BCUT2D eigenvalue weighted by Crippen LogP contribution is -2.45. The van der Waals surface area contributed by atoms with Gasteiger partial charge in [0.05, 0.1) is 10.3 Å². The molecule has 0 bridgehead atoms. The van der Waals surface area contributed by atoms with Crippen molar-refractivity contribution in [1.29, 1.82) is 0 Å². The summed E-state index contributed by atoms with van der Waals surface area (Å²) < 4.78 is 0. The monoisotopic (exact) mass is 362 g/mol. The Hall–Kier alpha value is -0.420. The van der Waals surface area contributed by atoms with Gasteiger partial charge < -0.3 is 10.6 Å². The van der Waals surface area contributed by atoms with Gasteiger partial charge in [0.25, 0.3) is 0 Å². The van der Waals surface area contributed by atoms with Crippen LogP contribution in [0, 0.1) is 5.92 Å². The van der Waals surface area contributed by atoms with E-state index in [1.165, 1.54) is 11.8 Å². The molecule has 0 saturated carbocycles. The van der Waals surface area contributed by atoms with E-state index in [2.05, 4.69) is 6.92 Å². The molecule has 2 atom stereocenters. The minimum absolute atomic E-state index is 0. The van der Waals surface area contributed by atoms with E-state index in [-0.39, 0.29) is 29.6 Å². The number of nitrogens with two attached hydrogens (primary N) is 1. The Morgan fingerprint density at radius 2 is 1.91 bits per heavy atom. The molecule has 0 aliphatic carbocycles. The highest BCUT2D eigenvalue weighted by atomic mass is 35.5. The van der Waals surface area contributed by atoms with Crippen LogP contribution in [0.3, 0.4) is 0 Å². The van der Waals surface area contributed by atoms with Crippen LogP contribution in [0.1, 0.15) is 26.7 Å². The Bertz CT molecular complexity index is 491. The number of hydrogen-bond acceptors (Lipinski definition) is 3. The van der Waals surface area contributed by atoms with Gasteiger partial charge in [-0.1, -0.05) is 23.7 Å². The third-order valence-corrected chi connectivity index (χ3v) is 5.69. The number of hydrogen-bond donors (Lipinski definition) is 1. The van der Waals surface area contributed by atoms with Crippen molar-refractivity contribution in [2.24, 2.45) is 11.7 Å². The topological polar surface area (TPSA) is 46.3 Å². The van der Waals surface area contributed by atoms with Crippen molar-refractivity contribution in [2.45, 2.75) is 42.9 Å². The van der Waals surface area contributed by atoms with Crippen molar-refractivity contribution in [3.63, 3.8) is 0 Å². The Kier molecular flexibility index (Phi) is 8.04. The van der Waals surface area contributed by atoms with Crippen LogP contribution in [-0.4, -0.2) is 35.2 Å². The standard InChI is InChI=1S/C16H23ClN2OS.ClH/c1-11(18)13-7-9-19(10-8-13)16(20)12(2)21-15-6-4-3-5-14(15)17;/h3-6,11-13H,7-10,18H2,1-2H3;1H. The van der Waals surface area contributed by atoms with Crippen molar-refractivity contribution in [3.05, 3.63) is 29.3 Å². The van der Waals surface area contributed by atoms with Crippen LogP contribution in [0.25, 0.3) is 0 Å². The Balaban J connectivity index is 0.00000242. The summed E-state index contributed by atoms with van der Waals surface area (Å²) >= 11 is 7.68. The molecule has 2 N–H and O–H groups in total. The summed E-state index contributed by atoms with van der Waals surface area (Å²) in [5.41, 5.74) is 5.95. The maximum atomic E-state index is 12.5. The molecule has 1 heterocycles. The summed E-state index contributed by atoms with van der Waals surface area (Å²) in [6.45, 7) is 5.64. The molecule has 124 valence electrons. The van der Waals surface area contributed by atoms with Crippen LogP contribution in [0.4, 0.5) is 0 Å². The van der Waals surface area contributed by atoms with Crippen LogP contribution in [0.5, 0.6) is 0 Å². The minimum atomic E-state index is -0.114. The summed E-state index contributed by atoms with van der Waals surface area (Å²) in [5, 5.41) is 0.592. The summed E-state index contributed by atoms with van der Waals surface area (Å²) in [6.07, 6.45) is 2.01. The molecule has 1 aromatic rings. The van der Waals surface area contributed by atoms with E-state index < -0.39 is 0 Å². The number of halogens is 2. The highest BCUT2D eigenvalue weighted by molar-refractivity contribution is 8.00. The lowest BCUT2D eigenvalue weighted by molar-refractivity contribution is -0.131. The highest BCUT2D eigenvalue weighted by Gasteiger charge is 2.28. The van der Waals surface area contributed by atoms with Gasteiger partial charge in [0.2, 0.25) is 5.91 Å². The molecule has 1 aromatic carbocycles. The van der Waals surface area contributed by atoms with Crippen molar-refractivity contribution in [1.82, 2.24) is 4.90 Å². The van der Waals surface area contributed by atoms with Gasteiger partial charge in [0.1, 0.15) is 0 Å². The minimum Gasteiger partial charge on any atom is -0.342 e. The fraction of sp³-hybridized carbons (Fsp3) is 0.562. The van der Waals surface area contributed by atoms with Crippen LogP contribution in [0.15, 0.2) is 29.2 Å². The molecule has 1 aliphatic heterocycles. The van der Waals surface area contributed by atoms with Crippen molar-refractivity contribution in [2.75, 3.05) is 13.1 Å². The second kappa shape index (κ2) is 9.02. The van der Waals surface area contributed by atoms with E-state index in [1.54, 1.807) is 0 Å². The van der Waals surface area contributed by atoms with Gasteiger partial charge in [-0.25, -0.2) is 0 Å². The van der Waals surface area contributed by atoms with E-state index in [1.807, 2.05) is 36.1 Å². The third-order valence-electron chi connectivity index (χ3n) is 4.08. The smallest absolute Gasteiger partial charge is 0.235 e. The molecule has 1 fully saturated rings. The fourth-order valence-corrected chi connectivity index (χ4v) is 3.92.